The second-order valence-corrected chi connectivity index (χ2v) is 7.66. The topological polar surface area (TPSA) is 37.4 Å². The number of hydrogen-bond donors (Lipinski definition) is 0. The molecule has 3 heteroatoms. The standard InChI is InChI=1S/C19H25NO2/c1-18(2)15-10-11-19(18,3)17(22)14(15)12-16(21)20(4)13-8-6-5-7-9-13/h5-9,14-15H,10-12H2,1-4H3/t14-,15+,19-/m0/s1. The fraction of sp³-hybridized carbons (Fsp3) is 0.579. The Kier molecular flexibility index (Phi) is 3.42. The summed E-state index contributed by atoms with van der Waals surface area (Å²) >= 11 is 0. The van der Waals surface area contributed by atoms with Gasteiger partial charge in [-0.2, -0.15) is 0 Å². The largest absolute Gasteiger partial charge is 0.315 e. The Bertz CT molecular complexity index is 607. The van der Waals surface area contributed by atoms with E-state index in [1.807, 2.05) is 30.3 Å². The Balaban J connectivity index is 1.77. The number of amides is 1. The molecule has 118 valence electrons. The summed E-state index contributed by atoms with van der Waals surface area (Å²) < 4.78 is 0. The van der Waals surface area contributed by atoms with Crippen LogP contribution in [-0.2, 0) is 9.59 Å². The molecule has 0 heterocycles. The second-order valence-electron chi connectivity index (χ2n) is 7.66. The fourth-order valence-corrected chi connectivity index (χ4v) is 4.63. The molecule has 1 aromatic carbocycles. The minimum absolute atomic E-state index is 0.0142. The van der Waals surface area contributed by atoms with Crippen molar-refractivity contribution in [3.05, 3.63) is 30.3 Å². The van der Waals surface area contributed by atoms with Crippen molar-refractivity contribution in [1.82, 2.24) is 0 Å². The summed E-state index contributed by atoms with van der Waals surface area (Å²) in [5, 5.41) is 0. The van der Waals surface area contributed by atoms with E-state index in [0.29, 0.717) is 18.1 Å². The lowest BCUT2D eigenvalue weighted by Crippen LogP contribution is -2.35. The molecule has 0 N–H and O–H groups in total. The number of hydrogen-bond acceptors (Lipinski definition) is 2. The number of carbonyl (C=O) groups excluding carboxylic acids is 2. The normalized spacial score (nSPS) is 32.3. The zero-order valence-corrected chi connectivity index (χ0v) is 13.9. The Morgan fingerprint density at radius 3 is 2.41 bits per heavy atom. The summed E-state index contributed by atoms with van der Waals surface area (Å²) in [6.45, 7) is 6.50. The zero-order valence-electron chi connectivity index (χ0n) is 13.9. The van der Waals surface area contributed by atoms with Crippen LogP contribution < -0.4 is 4.90 Å². The SMILES string of the molecule is CN(C(=O)C[C@@H]1C(=O)[C@]2(C)CC[C@H]1C2(C)C)c1ccccc1. The highest BCUT2D eigenvalue weighted by molar-refractivity contribution is 5.99. The fourth-order valence-electron chi connectivity index (χ4n) is 4.63. The molecule has 0 aromatic heterocycles. The highest BCUT2D eigenvalue weighted by atomic mass is 16.2. The monoisotopic (exact) mass is 299 g/mol. The van der Waals surface area contributed by atoms with Gasteiger partial charge in [-0.25, -0.2) is 0 Å². The molecule has 0 radical (unpaired) electrons. The zero-order chi connectivity index (χ0) is 16.1. The molecule has 2 saturated carbocycles. The van der Waals surface area contributed by atoms with Crippen LogP contribution >= 0.6 is 0 Å². The van der Waals surface area contributed by atoms with Crippen molar-refractivity contribution in [3.63, 3.8) is 0 Å². The number of nitrogens with zero attached hydrogens (tertiary/aromatic N) is 1. The van der Waals surface area contributed by atoms with Gasteiger partial charge < -0.3 is 4.90 Å². The molecule has 3 rings (SSSR count). The van der Waals surface area contributed by atoms with Crippen LogP contribution in [0.25, 0.3) is 0 Å². The van der Waals surface area contributed by atoms with Gasteiger partial charge in [0.25, 0.3) is 0 Å². The Labute approximate surface area is 132 Å². The predicted molar refractivity (Wildman–Crippen MR) is 87.6 cm³/mol. The number of Topliss-reactive ketones (excluding diaryl/α,β-unsaturated/α-hetero) is 1. The maximum Gasteiger partial charge on any atom is 0.227 e. The van der Waals surface area contributed by atoms with Gasteiger partial charge in [0.2, 0.25) is 5.91 Å². The van der Waals surface area contributed by atoms with E-state index in [1.54, 1.807) is 11.9 Å². The van der Waals surface area contributed by atoms with Crippen molar-refractivity contribution in [3.8, 4) is 0 Å². The lowest BCUT2D eigenvalue weighted by Gasteiger charge is -2.32. The molecular formula is C19H25NO2. The molecule has 0 spiro atoms. The van der Waals surface area contributed by atoms with Crippen molar-refractivity contribution in [2.75, 3.05) is 11.9 Å². The molecule has 0 unspecified atom stereocenters. The van der Waals surface area contributed by atoms with E-state index in [-0.39, 0.29) is 22.7 Å². The third-order valence-electron chi connectivity index (χ3n) is 6.58. The number of para-hydroxylation sites is 1. The number of benzene rings is 1. The molecule has 1 aromatic rings. The average molecular weight is 299 g/mol. The van der Waals surface area contributed by atoms with Gasteiger partial charge in [0.15, 0.2) is 0 Å². The smallest absolute Gasteiger partial charge is 0.227 e. The minimum atomic E-state index is -0.242. The Morgan fingerprint density at radius 1 is 1.23 bits per heavy atom. The summed E-state index contributed by atoms with van der Waals surface area (Å²) in [6.07, 6.45) is 2.39. The van der Waals surface area contributed by atoms with E-state index in [2.05, 4.69) is 20.8 Å². The van der Waals surface area contributed by atoms with Crippen molar-refractivity contribution < 1.29 is 9.59 Å². The quantitative estimate of drug-likeness (QED) is 0.853. The summed E-state index contributed by atoms with van der Waals surface area (Å²) in [5.41, 5.74) is 0.655. The summed E-state index contributed by atoms with van der Waals surface area (Å²) in [7, 11) is 1.79. The molecular weight excluding hydrogens is 274 g/mol. The van der Waals surface area contributed by atoms with Gasteiger partial charge in [-0.15, -0.1) is 0 Å². The molecule has 0 saturated heterocycles. The number of carbonyl (C=O) groups is 2. The first-order chi connectivity index (χ1) is 10.3. The third kappa shape index (κ3) is 1.94. The van der Waals surface area contributed by atoms with Crippen LogP contribution in [0.15, 0.2) is 30.3 Å². The van der Waals surface area contributed by atoms with Crippen molar-refractivity contribution in [2.45, 2.75) is 40.0 Å². The first-order valence-electron chi connectivity index (χ1n) is 8.15. The van der Waals surface area contributed by atoms with Crippen LogP contribution in [0.3, 0.4) is 0 Å². The molecule has 1 amide bonds. The summed E-state index contributed by atoms with van der Waals surface area (Å²) in [5.74, 6) is 0.589. The van der Waals surface area contributed by atoms with Crippen molar-refractivity contribution in [1.29, 1.82) is 0 Å². The van der Waals surface area contributed by atoms with Crippen LogP contribution in [0, 0.1) is 22.7 Å². The molecule has 2 aliphatic carbocycles. The van der Waals surface area contributed by atoms with Gasteiger partial charge in [-0.3, -0.25) is 9.59 Å². The van der Waals surface area contributed by atoms with Crippen LogP contribution in [0.2, 0.25) is 0 Å². The van der Waals surface area contributed by atoms with Gasteiger partial charge in [-0.05, 0) is 36.3 Å². The molecule has 22 heavy (non-hydrogen) atoms. The third-order valence-corrected chi connectivity index (χ3v) is 6.58. The molecule has 0 aliphatic heterocycles. The molecule has 3 atom stereocenters. The highest BCUT2D eigenvalue weighted by Gasteiger charge is 2.66. The maximum atomic E-state index is 12.8. The van der Waals surface area contributed by atoms with E-state index in [9.17, 15) is 9.59 Å². The van der Waals surface area contributed by atoms with Crippen molar-refractivity contribution in [2.24, 2.45) is 22.7 Å². The Hall–Kier alpha value is -1.64. The number of rotatable bonds is 3. The second kappa shape index (κ2) is 4.94. The van der Waals surface area contributed by atoms with E-state index >= 15 is 0 Å². The molecule has 2 aliphatic rings. The number of ketones is 1. The van der Waals surface area contributed by atoms with E-state index in [0.717, 1.165) is 18.5 Å². The Morgan fingerprint density at radius 2 is 1.86 bits per heavy atom. The summed E-state index contributed by atoms with van der Waals surface area (Å²) in [6, 6.07) is 9.63. The van der Waals surface area contributed by atoms with E-state index in [1.165, 1.54) is 0 Å². The molecule has 2 fully saturated rings. The maximum absolute atomic E-state index is 12.8. The van der Waals surface area contributed by atoms with Crippen LogP contribution in [0.1, 0.15) is 40.0 Å². The highest BCUT2D eigenvalue weighted by Crippen LogP contribution is 2.66. The average Bonchev–Trinajstić information content (AvgIpc) is 2.81. The van der Waals surface area contributed by atoms with Gasteiger partial charge in [0.1, 0.15) is 5.78 Å². The van der Waals surface area contributed by atoms with Gasteiger partial charge in [0.05, 0.1) is 0 Å². The predicted octanol–water partition coefficient (Wildman–Crippen LogP) is 3.68. The van der Waals surface area contributed by atoms with Gasteiger partial charge in [0, 0.05) is 30.5 Å². The molecule has 3 nitrogen and oxygen atoms in total. The lowest BCUT2D eigenvalue weighted by atomic mass is 9.70. The number of fused-ring (bicyclic) bond motifs is 2. The minimum Gasteiger partial charge on any atom is -0.315 e. The lowest BCUT2D eigenvalue weighted by molar-refractivity contribution is -0.134. The van der Waals surface area contributed by atoms with Gasteiger partial charge >= 0.3 is 0 Å². The van der Waals surface area contributed by atoms with Gasteiger partial charge in [-0.1, -0.05) is 39.0 Å². The van der Waals surface area contributed by atoms with Crippen LogP contribution in [0.4, 0.5) is 5.69 Å². The summed E-state index contributed by atoms with van der Waals surface area (Å²) in [4.78, 5) is 27.1. The van der Waals surface area contributed by atoms with Crippen molar-refractivity contribution >= 4 is 17.4 Å². The van der Waals surface area contributed by atoms with E-state index < -0.39 is 0 Å². The number of anilines is 1. The van der Waals surface area contributed by atoms with Crippen LogP contribution in [0.5, 0.6) is 0 Å². The molecule has 2 bridgehead atoms. The first kappa shape index (κ1) is 15.3. The first-order valence-corrected chi connectivity index (χ1v) is 8.15. The van der Waals surface area contributed by atoms with Crippen LogP contribution in [-0.4, -0.2) is 18.7 Å². The van der Waals surface area contributed by atoms with E-state index in [4.69, 9.17) is 0 Å².